The standard InChI is InChI=1S/C42H45N7O6/c1-27-35(42(52)49(32-20-43-44(2)22-32)30-8-10-34(50)11-9-30)17-38(45(27)3)36-18-39-40(55-26-54-39)19-37(36)41(51)48-21-29-7-5-4-6-28(29)16-31(48)23-46-12-13-47-14-15-53-25-33(47)24-46/h4-11,17-20,22,31,33,50H,12-16,21,23-26H2,1-3H3/t31-,33+/m0/s1. The summed E-state index contributed by atoms with van der Waals surface area (Å²) in [5.74, 6) is 0.795. The predicted octanol–water partition coefficient (Wildman–Crippen LogP) is 4.73. The molecule has 4 aliphatic rings. The monoisotopic (exact) mass is 743 g/mol. The van der Waals surface area contributed by atoms with Gasteiger partial charge in [-0.3, -0.25) is 29.0 Å². The second-order valence-corrected chi connectivity index (χ2v) is 15.0. The van der Waals surface area contributed by atoms with Crippen molar-refractivity contribution in [2.24, 2.45) is 14.1 Å². The number of phenolic OH excluding ortho intramolecular Hbond substituents is 1. The second-order valence-electron chi connectivity index (χ2n) is 15.0. The van der Waals surface area contributed by atoms with Crippen molar-refractivity contribution in [2.45, 2.75) is 32.0 Å². The summed E-state index contributed by atoms with van der Waals surface area (Å²) in [5, 5.41) is 14.3. The number of anilines is 2. The third-order valence-corrected chi connectivity index (χ3v) is 11.7. The fraction of sp³-hybridized carbons (Fsp3) is 0.357. The van der Waals surface area contributed by atoms with Crippen molar-refractivity contribution in [2.75, 3.05) is 57.6 Å². The van der Waals surface area contributed by atoms with Gasteiger partial charge in [0.2, 0.25) is 6.79 Å². The highest BCUT2D eigenvalue weighted by Gasteiger charge is 2.37. The Hall–Kier alpha value is -5.63. The van der Waals surface area contributed by atoms with Crippen molar-refractivity contribution < 1.29 is 28.9 Å². The van der Waals surface area contributed by atoms with E-state index in [1.165, 1.54) is 5.56 Å². The van der Waals surface area contributed by atoms with Crippen LogP contribution in [0.25, 0.3) is 11.3 Å². The van der Waals surface area contributed by atoms with E-state index in [1.54, 1.807) is 59.4 Å². The van der Waals surface area contributed by atoms with Crippen LogP contribution in [0.5, 0.6) is 17.2 Å². The lowest BCUT2D eigenvalue weighted by Crippen LogP contribution is -2.60. The molecule has 284 valence electrons. The number of piperazine rings is 1. The fourth-order valence-electron chi connectivity index (χ4n) is 8.55. The number of hydrogen-bond acceptors (Lipinski definition) is 9. The lowest BCUT2D eigenvalue weighted by molar-refractivity contribution is -0.0485. The van der Waals surface area contributed by atoms with Crippen LogP contribution >= 0.6 is 0 Å². The molecule has 2 fully saturated rings. The summed E-state index contributed by atoms with van der Waals surface area (Å²) < 4.78 is 21.1. The number of morpholine rings is 1. The fourth-order valence-corrected chi connectivity index (χ4v) is 8.55. The molecule has 5 aromatic rings. The maximum absolute atomic E-state index is 15.2. The van der Waals surface area contributed by atoms with E-state index >= 15 is 4.79 Å². The number of fused-ring (bicyclic) bond motifs is 3. The lowest BCUT2D eigenvalue weighted by Gasteiger charge is -2.46. The third-order valence-electron chi connectivity index (χ3n) is 11.7. The zero-order valence-corrected chi connectivity index (χ0v) is 31.4. The van der Waals surface area contributed by atoms with Crippen LogP contribution in [0, 0.1) is 6.92 Å². The maximum atomic E-state index is 15.2. The molecule has 6 heterocycles. The molecule has 2 atom stereocenters. The average Bonchev–Trinajstić information content (AvgIpc) is 3.93. The molecule has 2 amide bonds. The molecule has 0 unspecified atom stereocenters. The molecule has 1 N–H and O–H groups in total. The van der Waals surface area contributed by atoms with E-state index in [2.05, 4.69) is 33.1 Å². The Kier molecular flexibility index (Phi) is 9.07. The predicted molar refractivity (Wildman–Crippen MR) is 206 cm³/mol. The molecule has 0 saturated carbocycles. The van der Waals surface area contributed by atoms with E-state index in [-0.39, 0.29) is 30.4 Å². The molecular formula is C42H45N7O6. The number of carbonyl (C=O) groups is 2. The van der Waals surface area contributed by atoms with Gasteiger partial charge in [0.15, 0.2) is 11.5 Å². The molecule has 4 aliphatic heterocycles. The van der Waals surface area contributed by atoms with Gasteiger partial charge in [0, 0.05) is 94.3 Å². The molecule has 0 spiro atoms. The van der Waals surface area contributed by atoms with Crippen molar-refractivity contribution in [3.8, 4) is 28.5 Å². The number of aromatic hydroxyl groups is 1. The highest BCUT2D eigenvalue weighted by molar-refractivity contribution is 6.12. The number of phenols is 1. The minimum absolute atomic E-state index is 0.0534. The largest absolute Gasteiger partial charge is 0.508 e. The summed E-state index contributed by atoms with van der Waals surface area (Å²) in [5.41, 5.74) is 6.59. The Labute approximate surface area is 319 Å². The van der Waals surface area contributed by atoms with E-state index in [1.807, 2.05) is 41.6 Å². The molecule has 0 bridgehead atoms. The zero-order valence-electron chi connectivity index (χ0n) is 31.4. The molecular weight excluding hydrogens is 699 g/mol. The van der Waals surface area contributed by atoms with Gasteiger partial charge >= 0.3 is 0 Å². The Morgan fingerprint density at radius 3 is 2.49 bits per heavy atom. The number of hydrogen-bond donors (Lipinski definition) is 1. The smallest absolute Gasteiger partial charge is 0.264 e. The highest BCUT2D eigenvalue weighted by atomic mass is 16.7. The van der Waals surface area contributed by atoms with Crippen LogP contribution in [0.2, 0.25) is 0 Å². The van der Waals surface area contributed by atoms with Gasteiger partial charge in [-0.25, -0.2) is 0 Å². The van der Waals surface area contributed by atoms with Crippen LogP contribution in [0.3, 0.4) is 0 Å². The van der Waals surface area contributed by atoms with Gasteiger partial charge < -0.3 is 28.8 Å². The van der Waals surface area contributed by atoms with E-state index in [9.17, 15) is 9.90 Å². The SMILES string of the molecule is Cc1c(C(=O)N(c2ccc(O)cc2)c2cnn(C)c2)cc(-c2cc3c(cc2C(=O)N2Cc4ccccc4C[C@H]2CN2CCN4CCOC[C@H]4C2)OCO3)n1C. The Morgan fingerprint density at radius 2 is 1.71 bits per heavy atom. The Balaban J connectivity index is 1.09. The molecule has 2 aromatic heterocycles. The van der Waals surface area contributed by atoms with Crippen LogP contribution in [0.15, 0.2) is 79.1 Å². The first-order valence-electron chi connectivity index (χ1n) is 18.9. The molecule has 55 heavy (non-hydrogen) atoms. The van der Waals surface area contributed by atoms with Gasteiger partial charge in [-0.1, -0.05) is 24.3 Å². The highest BCUT2D eigenvalue weighted by Crippen LogP contribution is 2.42. The first kappa shape index (κ1) is 35.1. The first-order chi connectivity index (χ1) is 26.7. The Morgan fingerprint density at radius 1 is 0.927 bits per heavy atom. The molecule has 0 aliphatic carbocycles. The minimum Gasteiger partial charge on any atom is -0.508 e. The molecule has 13 heteroatoms. The summed E-state index contributed by atoms with van der Waals surface area (Å²) >= 11 is 0. The topological polar surface area (TPSA) is 118 Å². The zero-order chi connectivity index (χ0) is 37.8. The molecule has 3 aromatic carbocycles. The van der Waals surface area contributed by atoms with Gasteiger partial charge in [-0.05, 0) is 66.9 Å². The summed E-state index contributed by atoms with van der Waals surface area (Å²) in [4.78, 5) is 38.5. The van der Waals surface area contributed by atoms with Crippen molar-refractivity contribution >= 4 is 23.2 Å². The van der Waals surface area contributed by atoms with E-state index in [4.69, 9.17) is 14.2 Å². The van der Waals surface area contributed by atoms with Crippen molar-refractivity contribution in [1.29, 1.82) is 0 Å². The van der Waals surface area contributed by atoms with Gasteiger partial charge in [0.1, 0.15) is 5.75 Å². The van der Waals surface area contributed by atoms with E-state index < -0.39 is 0 Å². The summed E-state index contributed by atoms with van der Waals surface area (Å²) in [6.07, 6.45) is 4.16. The number of nitrogens with zero attached hydrogens (tertiary/aromatic N) is 7. The summed E-state index contributed by atoms with van der Waals surface area (Å²) in [7, 11) is 3.70. The molecule has 0 radical (unpaired) electrons. The lowest BCUT2D eigenvalue weighted by atomic mass is 9.91. The number of aromatic nitrogens is 3. The van der Waals surface area contributed by atoms with Gasteiger partial charge in [0.05, 0.1) is 36.2 Å². The quantitative estimate of drug-likeness (QED) is 0.253. The number of rotatable bonds is 7. The third kappa shape index (κ3) is 6.51. The average molecular weight is 744 g/mol. The van der Waals surface area contributed by atoms with E-state index in [0.29, 0.717) is 57.8 Å². The van der Waals surface area contributed by atoms with Crippen LogP contribution < -0.4 is 14.4 Å². The summed E-state index contributed by atoms with van der Waals surface area (Å²) in [6.45, 7) is 8.56. The van der Waals surface area contributed by atoms with Crippen LogP contribution in [-0.4, -0.2) is 111 Å². The van der Waals surface area contributed by atoms with Crippen LogP contribution in [-0.2, 0) is 31.8 Å². The number of ether oxygens (including phenoxy) is 3. The van der Waals surface area contributed by atoms with Gasteiger partial charge in [0.25, 0.3) is 11.8 Å². The van der Waals surface area contributed by atoms with Crippen molar-refractivity contribution in [3.63, 3.8) is 0 Å². The normalized spacial score (nSPS) is 19.6. The number of aryl methyl sites for hydroxylation is 1. The minimum atomic E-state index is -0.275. The van der Waals surface area contributed by atoms with Gasteiger partial charge in [-0.2, -0.15) is 5.10 Å². The Bertz CT molecular complexity index is 2260. The summed E-state index contributed by atoms with van der Waals surface area (Å²) in [6, 6.07) is 20.7. The maximum Gasteiger partial charge on any atom is 0.264 e. The van der Waals surface area contributed by atoms with Crippen LogP contribution in [0.4, 0.5) is 11.4 Å². The molecule has 13 nitrogen and oxygen atoms in total. The second kappa shape index (κ2) is 14.2. The first-order valence-corrected chi connectivity index (χ1v) is 18.9. The van der Waals surface area contributed by atoms with E-state index in [0.717, 1.165) is 63.6 Å². The number of carbonyl (C=O) groups excluding carboxylic acids is 2. The number of amides is 2. The number of benzene rings is 3. The van der Waals surface area contributed by atoms with Crippen molar-refractivity contribution in [3.05, 3.63) is 107 Å². The molecule has 2 saturated heterocycles. The van der Waals surface area contributed by atoms with Gasteiger partial charge in [-0.15, -0.1) is 0 Å². The molecule has 9 rings (SSSR count). The van der Waals surface area contributed by atoms with Crippen LogP contribution in [0.1, 0.15) is 37.5 Å². The van der Waals surface area contributed by atoms with Crippen molar-refractivity contribution in [1.82, 2.24) is 29.0 Å².